The average Bonchev–Trinajstić information content (AvgIpc) is 3.04. The van der Waals surface area contributed by atoms with Crippen molar-refractivity contribution in [1.29, 1.82) is 0 Å². The normalized spacial score (nSPS) is 15.8. The van der Waals surface area contributed by atoms with E-state index in [1.54, 1.807) is 18.3 Å². The molecule has 4 rings (SSSR count). The van der Waals surface area contributed by atoms with E-state index in [9.17, 15) is 5.11 Å². The Bertz CT molecular complexity index is 909. The number of hydrogen-bond donors (Lipinski definition) is 1. The molecule has 2 aromatic carbocycles. The number of nitrogens with zero attached hydrogens (tertiary/aromatic N) is 4. The molecule has 1 aliphatic rings. The molecule has 1 aliphatic heterocycles. The van der Waals surface area contributed by atoms with Gasteiger partial charge in [0, 0.05) is 24.9 Å². The minimum atomic E-state index is 0.229. The van der Waals surface area contributed by atoms with E-state index in [-0.39, 0.29) is 5.75 Å². The second-order valence-electron chi connectivity index (χ2n) is 6.77. The molecule has 0 amide bonds. The number of hydrogen-bond acceptors (Lipinski definition) is 4. The summed E-state index contributed by atoms with van der Waals surface area (Å²) in [6.07, 6.45) is 5.63. The number of imidazole rings is 1. The van der Waals surface area contributed by atoms with Gasteiger partial charge in [0.1, 0.15) is 5.75 Å². The molecule has 1 aromatic heterocycles. The minimum absolute atomic E-state index is 0.229. The Balaban J connectivity index is 1.62. The van der Waals surface area contributed by atoms with Crippen molar-refractivity contribution in [2.75, 3.05) is 19.6 Å². The Hall–Kier alpha value is -2.66. The van der Waals surface area contributed by atoms with Crippen molar-refractivity contribution in [1.82, 2.24) is 14.5 Å². The lowest BCUT2D eigenvalue weighted by Gasteiger charge is -2.26. The molecule has 0 atom stereocenters. The van der Waals surface area contributed by atoms with Crippen LogP contribution in [0, 0.1) is 0 Å². The number of phenols is 1. The standard InChI is InChI=1S/C21H24N4O/c26-20-11-5-2-8-17(20)16-22-21-23-18-9-3-4-10-19(18)25(21)15-14-24-12-6-1-7-13-24/h2-5,8-11,16,26H,1,6-7,12-15H2/b22-16+. The van der Waals surface area contributed by atoms with Gasteiger partial charge in [-0.25, -0.2) is 9.98 Å². The smallest absolute Gasteiger partial charge is 0.230 e. The second kappa shape index (κ2) is 7.70. The van der Waals surface area contributed by atoms with Gasteiger partial charge in [0.2, 0.25) is 5.95 Å². The van der Waals surface area contributed by atoms with E-state index >= 15 is 0 Å². The number of benzene rings is 2. The molecule has 26 heavy (non-hydrogen) atoms. The fourth-order valence-corrected chi connectivity index (χ4v) is 3.53. The summed E-state index contributed by atoms with van der Waals surface area (Å²) in [5, 5.41) is 9.95. The molecule has 2 heterocycles. The fourth-order valence-electron chi connectivity index (χ4n) is 3.53. The predicted octanol–water partition coefficient (Wildman–Crippen LogP) is 3.98. The van der Waals surface area contributed by atoms with Gasteiger partial charge in [-0.3, -0.25) is 0 Å². The monoisotopic (exact) mass is 348 g/mol. The molecule has 5 heteroatoms. The van der Waals surface area contributed by atoms with Crippen molar-refractivity contribution in [2.45, 2.75) is 25.8 Å². The third-order valence-corrected chi connectivity index (χ3v) is 4.98. The van der Waals surface area contributed by atoms with Crippen molar-refractivity contribution in [2.24, 2.45) is 4.99 Å². The number of likely N-dealkylation sites (tertiary alicyclic amines) is 1. The van der Waals surface area contributed by atoms with Gasteiger partial charge in [0.15, 0.2) is 0 Å². The number of fused-ring (bicyclic) bond motifs is 1. The van der Waals surface area contributed by atoms with E-state index in [0.717, 1.165) is 24.1 Å². The Kier molecular flexibility index (Phi) is 4.97. The van der Waals surface area contributed by atoms with E-state index in [0.29, 0.717) is 11.5 Å². The summed E-state index contributed by atoms with van der Waals surface area (Å²) in [6, 6.07) is 15.4. The Labute approximate surface area is 153 Å². The summed E-state index contributed by atoms with van der Waals surface area (Å²) < 4.78 is 2.18. The Morgan fingerprint density at radius 3 is 2.58 bits per heavy atom. The summed E-state index contributed by atoms with van der Waals surface area (Å²) >= 11 is 0. The van der Waals surface area contributed by atoms with E-state index in [2.05, 4.69) is 25.5 Å². The quantitative estimate of drug-likeness (QED) is 0.710. The highest BCUT2D eigenvalue weighted by Gasteiger charge is 2.13. The van der Waals surface area contributed by atoms with Crippen LogP contribution in [0.15, 0.2) is 53.5 Å². The summed E-state index contributed by atoms with van der Waals surface area (Å²) in [5.41, 5.74) is 2.76. The van der Waals surface area contributed by atoms with Crippen LogP contribution in [0.3, 0.4) is 0 Å². The molecule has 5 nitrogen and oxygen atoms in total. The molecule has 1 fully saturated rings. The maximum atomic E-state index is 9.95. The first-order valence-electron chi connectivity index (χ1n) is 9.31. The van der Waals surface area contributed by atoms with Crippen LogP contribution in [0.1, 0.15) is 24.8 Å². The van der Waals surface area contributed by atoms with Crippen LogP contribution in [0.4, 0.5) is 5.95 Å². The zero-order valence-corrected chi connectivity index (χ0v) is 14.9. The van der Waals surface area contributed by atoms with Gasteiger partial charge in [-0.1, -0.05) is 30.7 Å². The van der Waals surface area contributed by atoms with Crippen molar-refractivity contribution in [3.05, 3.63) is 54.1 Å². The first-order chi connectivity index (χ1) is 12.8. The summed E-state index contributed by atoms with van der Waals surface area (Å²) in [6.45, 7) is 4.25. The van der Waals surface area contributed by atoms with Gasteiger partial charge < -0.3 is 14.6 Å². The molecule has 1 N–H and O–H groups in total. The molecular weight excluding hydrogens is 324 g/mol. The molecule has 0 radical (unpaired) electrons. The van der Waals surface area contributed by atoms with Crippen molar-refractivity contribution in [3.8, 4) is 5.75 Å². The van der Waals surface area contributed by atoms with E-state index in [1.807, 2.05) is 30.3 Å². The zero-order chi connectivity index (χ0) is 17.8. The fraction of sp³-hybridized carbons (Fsp3) is 0.333. The van der Waals surface area contributed by atoms with Crippen LogP contribution < -0.4 is 0 Å². The topological polar surface area (TPSA) is 53.7 Å². The van der Waals surface area contributed by atoms with Crippen molar-refractivity contribution >= 4 is 23.2 Å². The molecule has 0 bridgehead atoms. The third-order valence-electron chi connectivity index (χ3n) is 4.98. The van der Waals surface area contributed by atoms with Gasteiger partial charge in [-0.15, -0.1) is 0 Å². The zero-order valence-electron chi connectivity index (χ0n) is 14.9. The van der Waals surface area contributed by atoms with Crippen LogP contribution in [0.25, 0.3) is 11.0 Å². The first kappa shape index (κ1) is 16.8. The SMILES string of the molecule is Oc1ccccc1/C=N/c1nc2ccccc2n1CCN1CCCCC1. The van der Waals surface area contributed by atoms with Gasteiger partial charge in [-0.2, -0.15) is 0 Å². The van der Waals surface area contributed by atoms with Gasteiger partial charge in [0.05, 0.1) is 11.0 Å². The number of aliphatic imine (C=N–C) groups is 1. The number of aromatic nitrogens is 2. The van der Waals surface area contributed by atoms with E-state index in [4.69, 9.17) is 0 Å². The average molecular weight is 348 g/mol. The van der Waals surface area contributed by atoms with Gasteiger partial charge >= 0.3 is 0 Å². The predicted molar refractivity (Wildman–Crippen MR) is 105 cm³/mol. The molecule has 0 unspecified atom stereocenters. The van der Waals surface area contributed by atoms with Gasteiger partial charge in [-0.05, 0) is 50.2 Å². The van der Waals surface area contributed by atoms with Crippen molar-refractivity contribution in [3.63, 3.8) is 0 Å². The highest BCUT2D eigenvalue weighted by Crippen LogP contribution is 2.23. The lowest BCUT2D eigenvalue weighted by molar-refractivity contribution is 0.222. The molecular formula is C21H24N4O. The second-order valence-corrected chi connectivity index (χ2v) is 6.77. The van der Waals surface area contributed by atoms with Crippen molar-refractivity contribution < 1.29 is 5.11 Å². The Morgan fingerprint density at radius 2 is 1.73 bits per heavy atom. The summed E-state index contributed by atoms with van der Waals surface area (Å²) in [5.74, 6) is 0.915. The molecule has 0 aliphatic carbocycles. The van der Waals surface area contributed by atoms with Crippen LogP contribution >= 0.6 is 0 Å². The number of aromatic hydroxyl groups is 1. The number of phenolic OH excluding ortho intramolecular Hbond substituents is 1. The lowest BCUT2D eigenvalue weighted by atomic mass is 10.1. The molecule has 3 aromatic rings. The summed E-state index contributed by atoms with van der Waals surface area (Å²) in [4.78, 5) is 11.8. The van der Waals surface area contributed by atoms with Crippen LogP contribution in [0.2, 0.25) is 0 Å². The highest BCUT2D eigenvalue weighted by atomic mass is 16.3. The number of para-hydroxylation sites is 3. The summed E-state index contributed by atoms with van der Waals surface area (Å²) in [7, 11) is 0. The van der Waals surface area contributed by atoms with Gasteiger partial charge in [0.25, 0.3) is 0 Å². The van der Waals surface area contributed by atoms with E-state index < -0.39 is 0 Å². The largest absolute Gasteiger partial charge is 0.507 e. The number of rotatable bonds is 5. The Morgan fingerprint density at radius 1 is 0.962 bits per heavy atom. The number of piperidine rings is 1. The molecule has 1 saturated heterocycles. The van der Waals surface area contributed by atoms with Crippen LogP contribution in [0.5, 0.6) is 5.75 Å². The molecule has 0 spiro atoms. The third kappa shape index (κ3) is 3.63. The van der Waals surface area contributed by atoms with Crippen LogP contribution in [-0.2, 0) is 6.54 Å². The highest BCUT2D eigenvalue weighted by molar-refractivity contribution is 5.86. The molecule has 134 valence electrons. The molecule has 0 saturated carbocycles. The van der Waals surface area contributed by atoms with E-state index in [1.165, 1.54) is 32.4 Å². The lowest BCUT2D eigenvalue weighted by Crippen LogP contribution is -2.32. The minimum Gasteiger partial charge on any atom is -0.507 e. The first-order valence-corrected chi connectivity index (χ1v) is 9.31. The maximum absolute atomic E-state index is 9.95. The maximum Gasteiger partial charge on any atom is 0.230 e. The van der Waals surface area contributed by atoms with Crippen LogP contribution in [-0.4, -0.2) is 45.4 Å².